The summed E-state index contributed by atoms with van der Waals surface area (Å²) >= 11 is 0. The van der Waals surface area contributed by atoms with Crippen molar-refractivity contribution in [2.24, 2.45) is 5.41 Å². The molecule has 16 heavy (non-hydrogen) atoms. The van der Waals surface area contributed by atoms with Gasteiger partial charge in [0.25, 0.3) is 0 Å². The van der Waals surface area contributed by atoms with Gasteiger partial charge in [0.15, 0.2) is 0 Å². The van der Waals surface area contributed by atoms with E-state index in [-0.39, 0.29) is 5.54 Å². The van der Waals surface area contributed by atoms with Crippen molar-refractivity contribution >= 4 is 0 Å². The van der Waals surface area contributed by atoms with E-state index in [2.05, 4.69) is 58.4 Å². The molecule has 0 spiro atoms. The van der Waals surface area contributed by atoms with Gasteiger partial charge in [-0.25, -0.2) is 0 Å². The summed E-state index contributed by atoms with van der Waals surface area (Å²) in [7, 11) is 2.24. The van der Waals surface area contributed by atoms with Gasteiger partial charge in [0.2, 0.25) is 0 Å². The summed E-state index contributed by atoms with van der Waals surface area (Å²) < 4.78 is 0. The molecule has 2 heteroatoms. The number of likely N-dealkylation sites (N-methyl/N-ethyl adjacent to an activating group) is 1. The molecule has 0 N–H and O–H groups in total. The van der Waals surface area contributed by atoms with Crippen LogP contribution in [-0.4, -0.2) is 48.1 Å². The van der Waals surface area contributed by atoms with Gasteiger partial charge >= 0.3 is 0 Å². The molecule has 0 saturated carbocycles. The van der Waals surface area contributed by atoms with Crippen molar-refractivity contribution in [2.45, 2.75) is 59.5 Å². The summed E-state index contributed by atoms with van der Waals surface area (Å²) in [6.45, 7) is 17.8. The lowest BCUT2D eigenvalue weighted by molar-refractivity contribution is 0.0278. The highest BCUT2D eigenvalue weighted by molar-refractivity contribution is 4.92. The third-order valence-electron chi connectivity index (χ3n) is 3.74. The Morgan fingerprint density at radius 2 is 1.44 bits per heavy atom. The highest BCUT2D eigenvalue weighted by Crippen LogP contribution is 2.33. The first kappa shape index (κ1) is 14.0. The fourth-order valence-corrected chi connectivity index (χ4v) is 2.75. The van der Waals surface area contributed by atoms with E-state index in [1.54, 1.807) is 0 Å². The van der Waals surface area contributed by atoms with Gasteiger partial charge in [-0.1, -0.05) is 20.8 Å². The number of rotatable bonds is 0. The molecule has 96 valence electrons. The summed E-state index contributed by atoms with van der Waals surface area (Å²) in [5.74, 6) is 0. The van der Waals surface area contributed by atoms with Crippen LogP contribution in [0.4, 0.5) is 0 Å². The molecule has 1 unspecified atom stereocenters. The van der Waals surface area contributed by atoms with E-state index in [0.717, 1.165) is 0 Å². The summed E-state index contributed by atoms with van der Waals surface area (Å²) in [5.41, 5.74) is 0.654. The maximum atomic E-state index is 2.70. The first-order chi connectivity index (χ1) is 7.12. The van der Waals surface area contributed by atoms with Gasteiger partial charge in [-0.05, 0) is 46.2 Å². The molecule has 1 saturated heterocycles. The van der Waals surface area contributed by atoms with Gasteiger partial charge in [0.05, 0.1) is 0 Å². The molecule has 1 aliphatic rings. The van der Waals surface area contributed by atoms with Gasteiger partial charge in [-0.15, -0.1) is 0 Å². The van der Waals surface area contributed by atoms with E-state index in [0.29, 0.717) is 11.5 Å². The standard InChI is InChI=1S/C14H30N2/c1-13(2,3)12-8-9-15(7)10-11-16(12)14(4,5)6/h12H,8-11H2,1-7H3. The van der Waals surface area contributed by atoms with Crippen LogP contribution in [0.2, 0.25) is 0 Å². The van der Waals surface area contributed by atoms with Gasteiger partial charge in [-0.2, -0.15) is 0 Å². The largest absolute Gasteiger partial charge is 0.305 e. The van der Waals surface area contributed by atoms with Crippen LogP contribution in [0, 0.1) is 5.41 Å². The molecule has 1 atom stereocenters. The second-order valence-electron chi connectivity index (χ2n) is 7.34. The first-order valence-electron chi connectivity index (χ1n) is 6.57. The zero-order valence-corrected chi connectivity index (χ0v) is 12.3. The Bertz CT molecular complexity index is 198. The fourth-order valence-electron chi connectivity index (χ4n) is 2.75. The number of nitrogens with zero attached hydrogens (tertiary/aromatic N) is 2. The molecule has 0 aromatic heterocycles. The zero-order valence-electron chi connectivity index (χ0n) is 12.3. The molecule has 0 amide bonds. The Labute approximate surface area is 102 Å². The molecule has 0 bridgehead atoms. The molecule has 1 aliphatic heterocycles. The molecular weight excluding hydrogens is 196 g/mol. The Morgan fingerprint density at radius 3 is 1.88 bits per heavy atom. The third kappa shape index (κ3) is 3.46. The van der Waals surface area contributed by atoms with Crippen LogP contribution in [0.15, 0.2) is 0 Å². The van der Waals surface area contributed by atoms with Crippen LogP contribution in [0.3, 0.4) is 0 Å². The van der Waals surface area contributed by atoms with Crippen molar-refractivity contribution in [3.63, 3.8) is 0 Å². The Kier molecular flexibility index (Phi) is 4.07. The van der Waals surface area contributed by atoms with Crippen molar-refractivity contribution in [1.29, 1.82) is 0 Å². The molecule has 0 aromatic carbocycles. The molecule has 1 rings (SSSR count). The first-order valence-corrected chi connectivity index (χ1v) is 6.57. The lowest BCUT2D eigenvalue weighted by Crippen LogP contribution is -2.53. The van der Waals surface area contributed by atoms with Crippen molar-refractivity contribution in [1.82, 2.24) is 9.80 Å². The molecule has 0 aromatic rings. The summed E-state index contributed by atoms with van der Waals surface area (Å²) in [6.07, 6.45) is 1.29. The van der Waals surface area contributed by atoms with E-state index < -0.39 is 0 Å². The maximum Gasteiger partial charge on any atom is 0.0162 e. The predicted molar refractivity (Wildman–Crippen MR) is 71.8 cm³/mol. The quantitative estimate of drug-likeness (QED) is 0.627. The molecule has 1 fully saturated rings. The minimum atomic E-state index is 0.281. The lowest BCUT2D eigenvalue weighted by Gasteiger charge is -2.46. The summed E-state index contributed by atoms with van der Waals surface area (Å²) in [5, 5.41) is 0. The highest BCUT2D eigenvalue weighted by Gasteiger charge is 2.37. The number of hydrogen-bond donors (Lipinski definition) is 0. The topological polar surface area (TPSA) is 6.48 Å². The van der Waals surface area contributed by atoms with E-state index in [1.807, 2.05) is 0 Å². The Hall–Kier alpha value is -0.0800. The van der Waals surface area contributed by atoms with Crippen molar-refractivity contribution in [3.05, 3.63) is 0 Å². The minimum absolute atomic E-state index is 0.281. The van der Waals surface area contributed by atoms with E-state index in [1.165, 1.54) is 26.1 Å². The zero-order chi connectivity index (χ0) is 12.6. The minimum Gasteiger partial charge on any atom is -0.305 e. The fraction of sp³-hybridized carbons (Fsp3) is 1.00. The summed E-state index contributed by atoms with van der Waals surface area (Å²) in [6, 6.07) is 0.692. The average molecular weight is 226 g/mol. The van der Waals surface area contributed by atoms with Gasteiger partial charge in [0.1, 0.15) is 0 Å². The Balaban J connectivity index is 2.90. The smallest absolute Gasteiger partial charge is 0.0162 e. The average Bonchev–Trinajstić information content (AvgIpc) is 2.23. The van der Waals surface area contributed by atoms with Gasteiger partial charge in [-0.3, -0.25) is 4.90 Å². The molecule has 2 nitrogen and oxygen atoms in total. The van der Waals surface area contributed by atoms with Gasteiger partial charge in [0, 0.05) is 24.7 Å². The van der Waals surface area contributed by atoms with Crippen molar-refractivity contribution < 1.29 is 0 Å². The van der Waals surface area contributed by atoms with E-state index >= 15 is 0 Å². The van der Waals surface area contributed by atoms with Crippen LogP contribution in [0.25, 0.3) is 0 Å². The summed E-state index contributed by atoms with van der Waals surface area (Å²) in [4.78, 5) is 5.17. The van der Waals surface area contributed by atoms with Crippen LogP contribution < -0.4 is 0 Å². The van der Waals surface area contributed by atoms with E-state index in [4.69, 9.17) is 0 Å². The SMILES string of the molecule is CN1CCC(C(C)(C)C)N(C(C)(C)C)CC1. The third-order valence-corrected chi connectivity index (χ3v) is 3.74. The second kappa shape index (κ2) is 4.66. The molecule has 0 radical (unpaired) electrons. The monoisotopic (exact) mass is 226 g/mol. The Morgan fingerprint density at radius 1 is 0.875 bits per heavy atom. The van der Waals surface area contributed by atoms with E-state index in [9.17, 15) is 0 Å². The molecular formula is C14H30N2. The van der Waals surface area contributed by atoms with Crippen LogP contribution in [0.5, 0.6) is 0 Å². The van der Waals surface area contributed by atoms with Crippen LogP contribution >= 0.6 is 0 Å². The number of hydrogen-bond acceptors (Lipinski definition) is 2. The second-order valence-corrected chi connectivity index (χ2v) is 7.34. The molecule has 0 aliphatic carbocycles. The van der Waals surface area contributed by atoms with Crippen LogP contribution in [-0.2, 0) is 0 Å². The lowest BCUT2D eigenvalue weighted by atomic mass is 9.81. The molecule has 1 heterocycles. The predicted octanol–water partition coefficient (Wildman–Crippen LogP) is 2.84. The van der Waals surface area contributed by atoms with Crippen LogP contribution in [0.1, 0.15) is 48.0 Å². The highest BCUT2D eigenvalue weighted by atomic mass is 15.3. The maximum absolute atomic E-state index is 2.70. The normalized spacial score (nSPS) is 26.8. The van der Waals surface area contributed by atoms with Crippen molar-refractivity contribution in [3.8, 4) is 0 Å². The van der Waals surface area contributed by atoms with Crippen molar-refractivity contribution in [2.75, 3.05) is 26.7 Å². The van der Waals surface area contributed by atoms with Gasteiger partial charge < -0.3 is 4.90 Å².